The highest BCUT2D eigenvalue weighted by Gasteiger charge is 2.33. The number of pyridine rings is 1. The van der Waals surface area contributed by atoms with Crippen LogP contribution in [0.4, 0.5) is 5.82 Å². The number of aliphatic carboxylic acids is 1. The Morgan fingerprint density at radius 1 is 1.33 bits per heavy atom. The molecule has 2 fully saturated rings. The maximum absolute atomic E-state index is 12.9. The van der Waals surface area contributed by atoms with Gasteiger partial charge in [-0.25, -0.2) is 0 Å². The standard InChI is InChI=1S/C20H22N4O4S2/c1-3-23-17(22-7-4-5-8-22)13(12(2)14(11-21)18(23)27)10-15-19(28)24(20(29)30-15)9-6-16(25)26/h10H,3-9H2,1-2H3,(H,25,26). The molecule has 0 unspecified atom stereocenters. The van der Waals surface area contributed by atoms with Crippen molar-refractivity contribution in [1.29, 1.82) is 5.26 Å². The molecule has 0 saturated carbocycles. The van der Waals surface area contributed by atoms with Crippen molar-refractivity contribution < 1.29 is 14.7 Å². The van der Waals surface area contributed by atoms with Gasteiger partial charge in [0.15, 0.2) is 0 Å². The van der Waals surface area contributed by atoms with E-state index in [4.69, 9.17) is 17.3 Å². The highest BCUT2D eigenvalue weighted by molar-refractivity contribution is 8.26. The molecule has 0 radical (unpaired) electrons. The molecule has 1 aromatic rings. The minimum atomic E-state index is -1.01. The molecule has 10 heteroatoms. The third kappa shape index (κ3) is 4.00. The number of nitriles is 1. The lowest BCUT2D eigenvalue weighted by atomic mass is 10.0. The normalized spacial score (nSPS) is 17.8. The third-order valence-corrected chi connectivity index (χ3v) is 6.64. The van der Waals surface area contributed by atoms with Gasteiger partial charge in [-0.3, -0.25) is 23.9 Å². The molecule has 158 valence electrons. The van der Waals surface area contributed by atoms with Gasteiger partial charge in [-0.15, -0.1) is 0 Å². The summed E-state index contributed by atoms with van der Waals surface area (Å²) in [6.45, 7) is 5.58. The lowest BCUT2D eigenvalue weighted by Crippen LogP contribution is -2.33. The topological polar surface area (TPSA) is 107 Å². The number of carbonyl (C=O) groups excluding carboxylic acids is 1. The summed E-state index contributed by atoms with van der Waals surface area (Å²) >= 11 is 6.38. The molecule has 0 bridgehead atoms. The van der Waals surface area contributed by atoms with Gasteiger partial charge in [0.25, 0.3) is 11.5 Å². The quantitative estimate of drug-likeness (QED) is 0.524. The van der Waals surface area contributed by atoms with Crippen LogP contribution in [0.15, 0.2) is 9.70 Å². The van der Waals surface area contributed by atoms with Crippen molar-refractivity contribution in [1.82, 2.24) is 9.47 Å². The predicted molar refractivity (Wildman–Crippen MR) is 119 cm³/mol. The Morgan fingerprint density at radius 3 is 2.57 bits per heavy atom. The summed E-state index contributed by atoms with van der Waals surface area (Å²) < 4.78 is 1.89. The van der Waals surface area contributed by atoms with Crippen molar-refractivity contribution in [3.8, 4) is 6.07 Å². The van der Waals surface area contributed by atoms with Crippen LogP contribution in [0.3, 0.4) is 0 Å². The number of anilines is 1. The average Bonchev–Trinajstić information content (AvgIpc) is 3.31. The minimum absolute atomic E-state index is 0.00715. The van der Waals surface area contributed by atoms with Crippen LogP contribution in [-0.4, -0.2) is 50.4 Å². The van der Waals surface area contributed by atoms with E-state index >= 15 is 0 Å². The van der Waals surface area contributed by atoms with Crippen LogP contribution in [0.5, 0.6) is 0 Å². The minimum Gasteiger partial charge on any atom is -0.481 e. The number of hydrogen-bond acceptors (Lipinski definition) is 7. The zero-order valence-electron chi connectivity index (χ0n) is 16.8. The number of rotatable bonds is 6. The summed E-state index contributed by atoms with van der Waals surface area (Å²) in [5.41, 5.74) is 0.927. The second kappa shape index (κ2) is 9.02. The lowest BCUT2D eigenvalue weighted by Gasteiger charge is -2.26. The van der Waals surface area contributed by atoms with E-state index in [2.05, 4.69) is 4.90 Å². The zero-order chi connectivity index (χ0) is 22.0. The summed E-state index contributed by atoms with van der Waals surface area (Å²) in [5, 5.41) is 18.5. The van der Waals surface area contributed by atoms with Gasteiger partial charge in [0.1, 0.15) is 21.8 Å². The highest BCUT2D eigenvalue weighted by atomic mass is 32.2. The first-order valence-electron chi connectivity index (χ1n) is 9.69. The fraction of sp³-hybridized carbons (Fsp3) is 0.450. The largest absolute Gasteiger partial charge is 0.481 e. The van der Waals surface area contributed by atoms with E-state index in [-0.39, 0.29) is 30.0 Å². The number of aromatic nitrogens is 1. The van der Waals surface area contributed by atoms with Crippen LogP contribution in [0.25, 0.3) is 6.08 Å². The van der Waals surface area contributed by atoms with Crippen molar-refractivity contribution in [3.05, 3.63) is 31.9 Å². The van der Waals surface area contributed by atoms with Gasteiger partial charge in [-0.1, -0.05) is 24.0 Å². The molecule has 1 N–H and O–H groups in total. The molecular formula is C20H22N4O4S2. The Kier molecular flexibility index (Phi) is 6.63. The van der Waals surface area contributed by atoms with Crippen LogP contribution < -0.4 is 10.5 Å². The Bertz CT molecular complexity index is 1050. The second-order valence-electron chi connectivity index (χ2n) is 7.07. The summed E-state index contributed by atoms with van der Waals surface area (Å²) in [7, 11) is 0. The number of hydrogen-bond donors (Lipinski definition) is 1. The van der Waals surface area contributed by atoms with Crippen molar-refractivity contribution in [2.75, 3.05) is 24.5 Å². The van der Waals surface area contributed by atoms with E-state index in [9.17, 15) is 19.6 Å². The number of thiocarbonyl (C=S) groups is 1. The Morgan fingerprint density at radius 2 is 2.00 bits per heavy atom. The summed E-state index contributed by atoms with van der Waals surface area (Å²) in [5.74, 6) is -0.646. The van der Waals surface area contributed by atoms with Gasteiger partial charge >= 0.3 is 5.97 Å². The van der Waals surface area contributed by atoms with E-state index < -0.39 is 5.97 Å². The van der Waals surface area contributed by atoms with Crippen LogP contribution >= 0.6 is 24.0 Å². The number of carboxylic acid groups (broad SMARTS) is 1. The fourth-order valence-electron chi connectivity index (χ4n) is 3.74. The first-order valence-corrected chi connectivity index (χ1v) is 10.9. The number of carboxylic acids is 1. The van der Waals surface area contributed by atoms with Crippen molar-refractivity contribution >= 4 is 52.1 Å². The molecule has 0 aromatic carbocycles. The maximum Gasteiger partial charge on any atom is 0.305 e. The van der Waals surface area contributed by atoms with Crippen LogP contribution in [0, 0.1) is 18.3 Å². The Hall–Kier alpha value is -2.64. The predicted octanol–water partition coefficient (Wildman–Crippen LogP) is 2.32. The third-order valence-electron chi connectivity index (χ3n) is 5.27. The van der Waals surface area contributed by atoms with Crippen LogP contribution in [0.1, 0.15) is 42.9 Å². The van der Waals surface area contributed by atoms with E-state index in [1.807, 2.05) is 13.0 Å². The van der Waals surface area contributed by atoms with Gasteiger partial charge in [-0.2, -0.15) is 5.26 Å². The first kappa shape index (κ1) is 22.1. The summed E-state index contributed by atoms with van der Waals surface area (Å²) in [6.07, 6.45) is 3.51. The van der Waals surface area contributed by atoms with Crippen molar-refractivity contribution in [3.63, 3.8) is 0 Å². The molecule has 0 atom stereocenters. The molecule has 3 heterocycles. The number of amides is 1. The van der Waals surface area contributed by atoms with E-state index in [1.54, 1.807) is 17.6 Å². The Balaban J connectivity index is 2.14. The summed E-state index contributed by atoms with van der Waals surface area (Å²) in [4.78, 5) is 40.4. The molecular weight excluding hydrogens is 424 g/mol. The molecule has 3 rings (SSSR count). The molecule has 1 aromatic heterocycles. The molecule has 2 saturated heterocycles. The SMILES string of the molecule is CCn1c(N2CCCC2)c(C=C2SC(=S)N(CCC(=O)O)C2=O)c(C)c(C#N)c1=O. The lowest BCUT2D eigenvalue weighted by molar-refractivity contribution is -0.137. The number of nitrogens with zero attached hydrogens (tertiary/aromatic N) is 4. The van der Waals surface area contributed by atoms with Gasteiger partial charge in [0, 0.05) is 31.7 Å². The number of thioether (sulfide) groups is 1. The average molecular weight is 447 g/mol. The van der Waals surface area contributed by atoms with E-state index in [0.717, 1.165) is 37.7 Å². The van der Waals surface area contributed by atoms with Crippen molar-refractivity contribution in [2.24, 2.45) is 0 Å². The molecule has 2 aliphatic rings. The maximum atomic E-state index is 12.9. The molecule has 0 aliphatic carbocycles. The van der Waals surface area contributed by atoms with Crippen LogP contribution in [0.2, 0.25) is 0 Å². The highest BCUT2D eigenvalue weighted by Crippen LogP contribution is 2.36. The Labute approximate surface area is 183 Å². The molecule has 8 nitrogen and oxygen atoms in total. The first-order chi connectivity index (χ1) is 14.3. The van der Waals surface area contributed by atoms with Gasteiger partial charge in [0.2, 0.25) is 0 Å². The van der Waals surface area contributed by atoms with Gasteiger partial charge < -0.3 is 10.0 Å². The second-order valence-corrected chi connectivity index (χ2v) is 8.75. The molecule has 2 aliphatic heterocycles. The number of carbonyl (C=O) groups is 2. The van der Waals surface area contributed by atoms with E-state index in [0.29, 0.717) is 32.7 Å². The fourth-order valence-corrected chi connectivity index (χ4v) is 5.03. The molecule has 30 heavy (non-hydrogen) atoms. The van der Waals surface area contributed by atoms with Gasteiger partial charge in [0.05, 0.1) is 11.3 Å². The van der Waals surface area contributed by atoms with Crippen LogP contribution in [-0.2, 0) is 16.1 Å². The monoisotopic (exact) mass is 446 g/mol. The smallest absolute Gasteiger partial charge is 0.305 e. The van der Waals surface area contributed by atoms with Gasteiger partial charge in [-0.05, 0) is 38.3 Å². The van der Waals surface area contributed by atoms with Crippen molar-refractivity contribution in [2.45, 2.75) is 39.7 Å². The molecule has 1 amide bonds. The summed E-state index contributed by atoms with van der Waals surface area (Å²) in [6, 6.07) is 2.01. The zero-order valence-corrected chi connectivity index (χ0v) is 18.4. The molecule has 0 spiro atoms. The van der Waals surface area contributed by atoms with E-state index in [1.165, 1.54) is 4.90 Å².